The van der Waals surface area contributed by atoms with E-state index in [9.17, 15) is 9.59 Å². The third-order valence-electron chi connectivity index (χ3n) is 4.97. The molecular weight excluding hydrogens is 288 g/mol. The molecule has 1 saturated heterocycles. The van der Waals surface area contributed by atoms with Gasteiger partial charge in [-0.05, 0) is 30.9 Å². The molecule has 0 unspecified atom stereocenters. The molecule has 0 aromatic heterocycles. The van der Waals surface area contributed by atoms with Crippen LogP contribution in [0, 0.1) is 18.8 Å². The van der Waals surface area contributed by atoms with Gasteiger partial charge in [0.05, 0.1) is 5.92 Å². The standard InChI is InChI=1S/C19H26N2O2/c1-12(2)19(23)21-10-16(15-7-5-4-6-13(15)3)17(11-21)18(22)20-14-8-9-14/h4-7,12,14,16-17H,8-11H2,1-3H3,(H,20,22)/t16-,17+/m1/s1. The van der Waals surface area contributed by atoms with E-state index in [1.165, 1.54) is 11.1 Å². The second-order valence-electron chi connectivity index (χ2n) is 7.25. The largest absolute Gasteiger partial charge is 0.353 e. The first-order valence-corrected chi connectivity index (χ1v) is 8.62. The summed E-state index contributed by atoms with van der Waals surface area (Å²) in [6, 6.07) is 8.57. The molecule has 1 aromatic rings. The van der Waals surface area contributed by atoms with Crippen molar-refractivity contribution < 1.29 is 9.59 Å². The van der Waals surface area contributed by atoms with Gasteiger partial charge in [0.15, 0.2) is 0 Å². The number of nitrogens with zero attached hydrogens (tertiary/aromatic N) is 1. The van der Waals surface area contributed by atoms with Crippen LogP contribution in [0.15, 0.2) is 24.3 Å². The first-order valence-electron chi connectivity index (χ1n) is 8.62. The fourth-order valence-corrected chi connectivity index (χ4v) is 3.47. The Morgan fingerprint density at radius 1 is 1.17 bits per heavy atom. The predicted molar refractivity (Wildman–Crippen MR) is 90.0 cm³/mol. The lowest BCUT2D eigenvalue weighted by Gasteiger charge is -2.20. The number of benzene rings is 1. The number of carbonyl (C=O) groups excluding carboxylic acids is 2. The van der Waals surface area contributed by atoms with Crippen LogP contribution in [0.1, 0.15) is 43.7 Å². The smallest absolute Gasteiger partial charge is 0.225 e. The highest BCUT2D eigenvalue weighted by molar-refractivity contribution is 5.84. The van der Waals surface area contributed by atoms with Gasteiger partial charge in [0, 0.05) is 31.0 Å². The Morgan fingerprint density at radius 3 is 2.48 bits per heavy atom. The Hall–Kier alpha value is -1.84. The van der Waals surface area contributed by atoms with Crippen LogP contribution in [0.3, 0.4) is 0 Å². The van der Waals surface area contributed by atoms with Crippen LogP contribution in [0.25, 0.3) is 0 Å². The zero-order chi connectivity index (χ0) is 16.6. The first-order chi connectivity index (χ1) is 11.0. The molecule has 0 radical (unpaired) electrons. The third kappa shape index (κ3) is 3.41. The second-order valence-corrected chi connectivity index (χ2v) is 7.25. The fourth-order valence-electron chi connectivity index (χ4n) is 3.47. The molecule has 4 heteroatoms. The summed E-state index contributed by atoms with van der Waals surface area (Å²) in [5.74, 6) is 0.180. The quantitative estimate of drug-likeness (QED) is 0.928. The molecule has 23 heavy (non-hydrogen) atoms. The maximum absolute atomic E-state index is 12.7. The Balaban J connectivity index is 1.84. The van der Waals surface area contributed by atoms with Gasteiger partial charge in [0.1, 0.15) is 0 Å². The summed E-state index contributed by atoms with van der Waals surface area (Å²) < 4.78 is 0. The maximum Gasteiger partial charge on any atom is 0.225 e. The summed E-state index contributed by atoms with van der Waals surface area (Å²) in [7, 11) is 0. The van der Waals surface area contributed by atoms with Crippen molar-refractivity contribution in [2.75, 3.05) is 13.1 Å². The summed E-state index contributed by atoms with van der Waals surface area (Å²) >= 11 is 0. The average molecular weight is 314 g/mol. The van der Waals surface area contributed by atoms with Crippen molar-refractivity contribution in [1.29, 1.82) is 0 Å². The molecule has 3 rings (SSSR count). The Labute approximate surface area is 138 Å². The maximum atomic E-state index is 12.7. The minimum Gasteiger partial charge on any atom is -0.353 e. The Bertz CT molecular complexity index is 607. The minimum atomic E-state index is -0.139. The van der Waals surface area contributed by atoms with Crippen LogP contribution in [-0.2, 0) is 9.59 Å². The van der Waals surface area contributed by atoms with E-state index in [1.54, 1.807) is 0 Å². The van der Waals surface area contributed by atoms with Crippen molar-refractivity contribution in [2.45, 2.75) is 45.6 Å². The number of rotatable bonds is 4. The lowest BCUT2D eigenvalue weighted by molar-refractivity contribution is -0.133. The summed E-state index contributed by atoms with van der Waals surface area (Å²) in [5, 5.41) is 3.13. The summed E-state index contributed by atoms with van der Waals surface area (Å²) in [6.07, 6.45) is 2.17. The monoisotopic (exact) mass is 314 g/mol. The highest BCUT2D eigenvalue weighted by Crippen LogP contribution is 2.35. The minimum absolute atomic E-state index is 0.0298. The van der Waals surface area contributed by atoms with Gasteiger partial charge in [-0.1, -0.05) is 38.1 Å². The molecule has 0 bridgehead atoms. The van der Waals surface area contributed by atoms with Crippen LogP contribution in [0.2, 0.25) is 0 Å². The van der Waals surface area contributed by atoms with Crippen molar-refractivity contribution in [3.8, 4) is 0 Å². The molecule has 1 aliphatic carbocycles. The lowest BCUT2D eigenvalue weighted by atomic mass is 9.86. The molecule has 124 valence electrons. The van der Waals surface area contributed by atoms with Gasteiger partial charge < -0.3 is 10.2 Å². The van der Waals surface area contributed by atoms with Crippen molar-refractivity contribution in [3.05, 3.63) is 35.4 Å². The van der Waals surface area contributed by atoms with Gasteiger partial charge in [-0.25, -0.2) is 0 Å². The summed E-state index contributed by atoms with van der Waals surface area (Å²) in [6.45, 7) is 7.10. The summed E-state index contributed by atoms with van der Waals surface area (Å²) in [4.78, 5) is 27.0. The van der Waals surface area contributed by atoms with E-state index in [0.717, 1.165) is 12.8 Å². The molecule has 1 aliphatic heterocycles. The highest BCUT2D eigenvalue weighted by atomic mass is 16.2. The van der Waals surface area contributed by atoms with Gasteiger partial charge in [0.2, 0.25) is 11.8 Å². The van der Waals surface area contributed by atoms with Crippen molar-refractivity contribution in [2.24, 2.45) is 11.8 Å². The van der Waals surface area contributed by atoms with Gasteiger partial charge in [-0.3, -0.25) is 9.59 Å². The van der Waals surface area contributed by atoms with Gasteiger partial charge in [-0.15, -0.1) is 0 Å². The summed E-state index contributed by atoms with van der Waals surface area (Å²) in [5.41, 5.74) is 2.39. The Morgan fingerprint density at radius 2 is 1.87 bits per heavy atom. The molecule has 1 saturated carbocycles. The first kappa shape index (κ1) is 16.0. The number of nitrogens with one attached hydrogen (secondary N) is 1. The molecule has 1 heterocycles. The molecule has 0 spiro atoms. The van der Waals surface area contributed by atoms with E-state index >= 15 is 0 Å². The van der Waals surface area contributed by atoms with Crippen molar-refractivity contribution in [3.63, 3.8) is 0 Å². The molecule has 1 N–H and O–H groups in total. The molecule has 2 amide bonds. The van der Waals surface area contributed by atoms with Gasteiger partial charge >= 0.3 is 0 Å². The van der Waals surface area contributed by atoms with E-state index in [2.05, 4.69) is 24.4 Å². The van der Waals surface area contributed by atoms with E-state index in [1.807, 2.05) is 30.9 Å². The van der Waals surface area contributed by atoms with E-state index < -0.39 is 0 Å². The molecule has 1 aromatic carbocycles. The van der Waals surface area contributed by atoms with E-state index in [0.29, 0.717) is 19.1 Å². The SMILES string of the molecule is Cc1ccccc1[C@H]1CN(C(=O)C(C)C)C[C@@H]1C(=O)NC1CC1. The predicted octanol–water partition coefficient (Wildman–Crippen LogP) is 2.47. The molecule has 2 atom stereocenters. The van der Waals surface area contributed by atoms with Crippen molar-refractivity contribution >= 4 is 11.8 Å². The number of aryl methyl sites for hydroxylation is 1. The molecule has 2 aliphatic rings. The van der Waals surface area contributed by atoms with Crippen LogP contribution >= 0.6 is 0 Å². The molecule has 4 nitrogen and oxygen atoms in total. The highest BCUT2D eigenvalue weighted by Gasteiger charge is 2.42. The lowest BCUT2D eigenvalue weighted by Crippen LogP contribution is -2.37. The number of hydrogen-bond acceptors (Lipinski definition) is 2. The zero-order valence-electron chi connectivity index (χ0n) is 14.2. The Kier molecular flexibility index (Phi) is 4.42. The second kappa shape index (κ2) is 6.34. The van der Waals surface area contributed by atoms with Crippen molar-refractivity contribution in [1.82, 2.24) is 10.2 Å². The van der Waals surface area contributed by atoms with Crippen LogP contribution in [0.5, 0.6) is 0 Å². The third-order valence-corrected chi connectivity index (χ3v) is 4.97. The fraction of sp³-hybridized carbons (Fsp3) is 0.579. The average Bonchev–Trinajstić information content (AvgIpc) is 3.22. The topological polar surface area (TPSA) is 49.4 Å². The molecule has 2 fully saturated rings. The van der Waals surface area contributed by atoms with Crippen LogP contribution in [-0.4, -0.2) is 35.8 Å². The zero-order valence-corrected chi connectivity index (χ0v) is 14.2. The molecular formula is C19H26N2O2. The van der Waals surface area contributed by atoms with Gasteiger partial charge in [-0.2, -0.15) is 0 Å². The van der Waals surface area contributed by atoms with Crippen LogP contribution in [0.4, 0.5) is 0 Å². The van der Waals surface area contributed by atoms with Gasteiger partial charge in [0.25, 0.3) is 0 Å². The van der Waals surface area contributed by atoms with E-state index in [4.69, 9.17) is 0 Å². The van der Waals surface area contributed by atoms with E-state index in [-0.39, 0.29) is 29.6 Å². The normalized spacial score (nSPS) is 24.1. The van der Waals surface area contributed by atoms with Crippen LogP contribution < -0.4 is 5.32 Å². The number of hydrogen-bond donors (Lipinski definition) is 1. The number of carbonyl (C=O) groups is 2. The number of likely N-dealkylation sites (tertiary alicyclic amines) is 1. The number of amides is 2.